The molecule has 18 heavy (non-hydrogen) atoms. The number of amides is 1. The minimum Gasteiger partial charge on any atom is -0.385 e. The number of aromatic nitrogens is 1. The third kappa shape index (κ3) is 4.80. The Bertz CT molecular complexity index is 368. The molecule has 0 saturated heterocycles. The van der Waals surface area contributed by atoms with Gasteiger partial charge in [-0.1, -0.05) is 0 Å². The zero-order valence-electron chi connectivity index (χ0n) is 10.7. The van der Waals surface area contributed by atoms with Gasteiger partial charge in [0, 0.05) is 44.6 Å². The highest BCUT2D eigenvalue weighted by Crippen LogP contribution is 2.12. The molecule has 0 bridgehead atoms. The van der Waals surface area contributed by atoms with E-state index in [1.54, 1.807) is 31.4 Å². The summed E-state index contributed by atoms with van der Waals surface area (Å²) in [7, 11) is 3.28. The van der Waals surface area contributed by atoms with Crippen molar-refractivity contribution in [3.63, 3.8) is 0 Å². The summed E-state index contributed by atoms with van der Waals surface area (Å²) in [6.45, 7) is 2.41. The van der Waals surface area contributed by atoms with Crippen molar-refractivity contribution in [2.45, 2.75) is 6.42 Å². The summed E-state index contributed by atoms with van der Waals surface area (Å²) < 4.78 is 10.9. The van der Waals surface area contributed by atoms with Crippen LogP contribution in [0.3, 0.4) is 0 Å². The van der Waals surface area contributed by atoms with Gasteiger partial charge in [-0.05, 0) is 28.4 Å². The Kier molecular flexibility index (Phi) is 7.00. The maximum Gasteiger partial charge on any atom is 0.270 e. The van der Waals surface area contributed by atoms with Crippen molar-refractivity contribution in [2.24, 2.45) is 0 Å². The lowest BCUT2D eigenvalue weighted by molar-refractivity contribution is 0.0669. The predicted octanol–water partition coefficient (Wildman–Crippen LogP) is 1.90. The molecule has 6 heteroatoms. The fourth-order valence-corrected chi connectivity index (χ4v) is 1.92. The normalized spacial score (nSPS) is 10.6. The molecule has 1 amide bonds. The van der Waals surface area contributed by atoms with Gasteiger partial charge in [0.15, 0.2) is 0 Å². The van der Waals surface area contributed by atoms with Crippen LogP contribution >= 0.6 is 15.9 Å². The van der Waals surface area contributed by atoms with Gasteiger partial charge >= 0.3 is 0 Å². The van der Waals surface area contributed by atoms with E-state index in [1.807, 2.05) is 0 Å². The molecule has 0 saturated carbocycles. The molecule has 1 heterocycles. The Morgan fingerprint density at radius 2 is 2.06 bits per heavy atom. The minimum absolute atomic E-state index is 0.0196. The van der Waals surface area contributed by atoms with Crippen LogP contribution < -0.4 is 0 Å². The molecule has 1 aromatic heterocycles. The molecule has 0 spiro atoms. The molecule has 0 radical (unpaired) electrons. The van der Waals surface area contributed by atoms with E-state index in [1.165, 1.54) is 0 Å². The van der Waals surface area contributed by atoms with Crippen molar-refractivity contribution < 1.29 is 14.3 Å². The Hall–Kier alpha value is -0.850. The van der Waals surface area contributed by atoms with E-state index >= 15 is 0 Å². The van der Waals surface area contributed by atoms with Gasteiger partial charge in [0.05, 0.1) is 6.61 Å². The highest BCUT2D eigenvalue weighted by atomic mass is 79.9. The number of carbonyl (C=O) groups is 1. The molecule has 0 atom stereocenters. The molecule has 1 N–H and O–H groups in total. The Labute approximate surface area is 116 Å². The summed E-state index contributed by atoms with van der Waals surface area (Å²) in [5, 5.41) is 0. The first kappa shape index (κ1) is 15.2. The summed E-state index contributed by atoms with van der Waals surface area (Å²) >= 11 is 3.32. The van der Waals surface area contributed by atoms with Crippen LogP contribution in [0.2, 0.25) is 0 Å². The number of hydrogen-bond acceptors (Lipinski definition) is 3. The number of halogens is 1. The lowest BCUT2D eigenvalue weighted by atomic mass is 10.3. The van der Waals surface area contributed by atoms with Crippen LogP contribution in [0.4, 0.5) is 0 Å². The number of aromatic amines is 1. The number of nitrogens with zero attached hydrogens (tertiary/aromatic N) is 1. The second kappa shape index (κ2) is 8.29. The summed E-state index contributed by atoms with van der Waals surface area (Å²) in [6.07, 6.45) is 2.56. The molecule has 0 fully saturated rings. The first-order valence-corrected chi connectivity index (χ1v) is 6.59. The van der Waals surface area contributed by atoms with Gasteiger partial charge in [-0.2, -0.15) is 0 Å². The molecule has 1 rings (SSSR count). The van der Waals surface area contributed by atoms with E-state index in [9.17, 15) is 4.79 Å². The standard InChI is InChI=1S/C12H19BrN2O3/c1-17-6-3-4-15(5-7-18-2)12(16)11-8-10(13)9-14-11/h8-9,14H,3-7H2,1-2H3. The lowest BCUT2D eigenvalue weighted by Gasteiger charge is -2.21. The first-order chi connectivity index (χ1) is 8.69. The van der Waals surface area contributed by atoms with Crippen LogP contribution in [0.5, 0.6) is 0 Å². The second-order valence-corrected chi connectivity index (χ2v) is 4.78. The lowest BCUT2D eigenvalue weighted by Crippen LogP contribution is -2.35. The molecule has 1 aromatic rings. The van der Waals surface area contributed by atoms with Gasteiger partial charge in [0.2, 0.25) is 0 Å². The van der Waals surface area contributed by atoms with E-state index in [4.69, 9.17) is 9.47 Å². The first-order valence-electron chi connectivity index (χ1n) is 5.80. The third-order valence-corrected chi connectivity index (χ3v) is 2.97. The zero-order valence-corrected chi connectivity index (χ0v) is 12.3. The van der Waals surface area contributed by atoms with Gasteiger partial charge in [-0.25, -0.2) is 0 Å². The molecule has 0 aliphatic rings. The van der Waals surface area contributed by atoms with Crippen LogP contribution in [0, 0.1) is 0 Å². The van der Waals surface area contributed by atoms with Crippen molar-refractivity contribution in [1.29, 1.82) is 0 Å². The van der Waals surface area contributed by atoms with Gasteiger partial charge < -0.3 is 19.4 Å². The summed E-state index contributed by atoms with van der Waals surface area (Å²) in [4.78, 5) is 16.9. The molecule has 0 aromatic carbocycles. The molecule has 0 aliphatic carbocycles. The van der Waals surface area contributed by atoms with Crippen molar-refractivity contribution in [3.8, 4) is 0 Å². The van der Waals surface area contributed by atoms with E-state index in [0.717, 1.165) is 10.9 Å². The maximum atomic E-state index is 12.2. The Balaban J connectivity index is 2.59. The van der Waals surface area contributed by atoms with Crippen LogP contribution in [0.1, 0.15) is 16.9 Å². The Morgan fingerprint density at radius 3 is 2.61 bits per heavy atom. The predicted molar refractivity (Wildman–Crippen MR) is 72.8 cm³/mol. The monoisotopic (exact) mass is 318 g/mol. The Morgan fingerprint density at radius 1 is 1.33 bits per heavy atom. The van der Waals surface area contributed by atoms with Crippen molar-refractivity contribution in [3.05, 3.63) is 22.4 Å². The van der Waals surface area contributed by atoms with Crippen LogP contribution in [0.25, 0.3) is 0 Å². The van der Waals surface area contributed by atoms with Crippen molar-refractivity contribution >= 4 is 21.8 Å². The molecule has 5 nitrogen and oxygen atoms in total. The SMILES string of the molecule is COCCCN(CCOC)C(=O)c1cc(Br)c[nH]1. The van der Waals surface area contributed by atoms with Gasteiger partial charge in [0.1, 0.15) is 5.69 Å². The van der Waals surface area contributed by atoms with Gasteiger partial charge in [0.25, 0.3) is 5.91 Å². The maximum absolute atomic E-state index is 12.2. The topological polar surface area (TPSA) is 54.6 Å². The molecule has 0 aliphatic heterocycles. The molecule has 0 unspecified atom stereocenters. The number of methoxy groups -OCH3 is 2. The number of nitrogens with one attached hydrogen (secondary N) is 1. The number of hydrogen-bond donors (Lipinski definition) is 1. The number of ether oxygens (including phenoxy) is 2. The second-order valence-electron chi connectivity index (χ2n) is 3.86. The van der Waals surface area contributed by atoms with E-state index in [-0.39, 0.29) is 5.91 Å². The smallest absolute Gasteiger partial charge is 0.270 e. The fourth-order valence-electron chi connectivity index (χ4n) is 1.58. The average Bonchev–Trinajstić information content (AvgIpc) is 2.79. The highest BCUT2D eigenvalue weighted by molar-refractivity contribution is 9.10. The summed E-state index contributed by atoms with van der Waals surface area (Å²) in [5.74, 6) is -0.0196. The largest absolute Gasteiger partial charge is 0.385 e. The zero-order chi connectivity index (χ0) is 13.4. The molecule has 102 valence electrons. The minimum atomic E-state index is -0.0196. The number of H-pyrrole nitrogens is 1. The molecular weight excluding hydrogens is 300 g/mol. The van der Waals surface area contributed by atoms with E-state index in [0.29, 0.717) is 32.0 Å². The van der Waals surface area contributed by atoms with Crippen LogP contribution in [-0.4, -0.2) is 56.3 Å². The average molecular weight is 319 g/mol. The van der Waals surface area contributed by atoms with Crippen LogP contribution in [0.15, 0.2) is 16.7 Å². The van der Waals surface area contributed by atoms with E-state index < -0.39 is 0 Å². The van der Waals surface area contributed by atoms with Gasteiger partial charge in [-0.3, -0.25) is 4.79 Å². The van der Waals surface area contributed by atoms with E-state index in [2.05, 4.69) is 20.9 Å². The fraction of sp³-hybridized carbons (Fsp3) is 0.583. The number of carbonyl (C=O) groups excluding carboxylic acids is 1. The van der Waals surface area contributed by atoms with Crippen molar-refractivity contribution in [1.82, 2.24) is 9.88 Å². The third-order valence-electron chi connectivity index (χ3n) is 2.51. The van der Waals surface area contributed by atoms with Crippen LogP contribution in [-0.2, 0) is 9.47 Å². The molecular formula is C12H19BrN2O3. The summed E-state index contributed by atoms with van der Waals surface area (Å²) in [6, 6.07) is 1.78. The van der Waals surface area contributed by atoms with Gasteiger partial charge in [-0.15, -0.1) is 0 Å². The summed E-state index contributed by atoms with van der Waals surface area (Å²) in [5.41, 5.74) is 0.579. The number of rotatable bonds is 8. The highest BCUT2D eigenvalue weighted by Gasteiger charge is 2.16. The van der Waals surface area contributed by atoms with Crippen molar-refractivity contribution in [2.75, 3.05) is 40.5 Å². The quantitative estimate of drug-likeness (QED) is 0.745.